The number of hydrogen-bond acceptors (Lipinski definition) is 1. The molecule has 2 aliphatic heterocycles. The van der Waals surface area contributed by atoms with Gasteiger partial charge in [0.1, 0.15) is 0 Å². The van der Waals surface area contributed by atoms with E-state index in [1.54, 1.807) is 11.1 Å². The van der Waals surface area contributed by atoms with Crippen LogP contribution in [0.25, 0.3) is 0 Å². The van der Waals surface area contributed by atoms with Crippen molar-refractivity contribution in [3.8, 4) is 0 Å². The predicted octanol–water partition coefficient (Wildman–Crippen LogP) is 3.28. The van der Waals surface area contributed by atoms with Crippen LogP contribution in [0.2, 0.25) is 0 Å². The highest BCUT2D eigenvalue weighted by molar-refractivity contribution is 5.29. The second-order valence-electron chi connectivity index (χ2n) is 5.77. The van der Waals surface area contributed by atoms with Crippen LogP contribution in [0.5, 0.6) is 0 Å². The van der Waals surface area contributed by atoms with Crippen LogP contribution in [0.3, 0.4) is 0 Å². The summed E-state index contributed by atoms with van der Waals surface area (Å²) in [7, 11) is 0. The number of nitrogens with zero attached hydrogens (tertiary/aromatic N) is 1. The first-order valence-corrected chi connectivity index (χ1v) is 7.17. The van der Waals surface area contributed by atoms with Crippen molar-refractivity contribution >= 4 is 0 Å². The molecule has 2 bridgehead atoms. The second-order valence-corrected chi connectivity index (χ2v) is 5.77. The number of piperidine rings is 1. The second kappa shape index (κ2) is 4.81. The van der Waals surface area contributed by atoms with Crippen LogP contribution in [0.1, 0.15) is 37.3 Å². The van der Waals surface area contributed by atoms with E-state index < -0.39 is 0 Å². The summed E-state index contributed by atoms with van der Waals surface area (Å²) in [5.74, 6) is 0.902. The molecular weight excluding hydrogens is 206 g/mol. The number of hydrogen-bond donors (Lipinski definition) is 0. The highest BCUT2D eigenvalue weighted by Crippen LogP contribution is 2.32. The third-order valence-electron chi connectivity index (χ3n) is 4.51. The van der Waals surface area contributed by atoms with Gasteiger partial charge < -0.3 is 0 Å². The van der Waals surface area contributed by atoms with Crippen LogP contribution in [0.4, 0.5) is 0 Å². The molecular formula is C16H23N. The fourth-order valence-corrected chi connectivity index (χ4v) is 3.66. The van der Waals surface area contributed by atoms with Gasteiger partial charge in [0.25, 0.3) is 0 Å². The molecule has 0 radical (unpaired) electrons. The first-order chi connectivity index (χ1) is 8.36. The molecule has 0 spiro atoms. The molecule has 17 heavy (non-hydrogen) atoms. The van der Waals surface area contributed by atoms with Crippen molar-refractivity contribution < 1.29 is 0 Å². The van der Waals surface area contributed by atoms with Crippen molar-refractivity contribution in [2.45, 2.75) is 45.1 Å². The van der Waals surface area contributed by atoms with Crippen molar-refractivity contribution in [2.75, 3.05) is 13.1 Å². The van der Waals surface area contributed by atoms with Crippen LogP contribution in [-0.2, 0) is 12.8 Å². The van der Waals surface area contributed by atoms with Gasteiger partial charge in [-0.2, -0.15) is 0 Å². The summed E-state index contributed by atoms with van der Waals surface area (Å²) in [5.41, 5.74) is 3.24. The molecule has 0 saturated carbocycles. The van der Waals surface area contributed by atoms with E-state index in [0.717, 1.165) is 12.0 Å². The molecule has 3 aliphatic rings. The van der Waals surface area contributed by atoms with Gasteiger partial charge >= 0.3 is 0 Å². The number of rotatable bonds is 2. The molecule has 2 heterocycles. The van der Waals surface area contributed by atoms with Gasteiger partial charge in [0.2, 0.25) is 0 Å². The molecule has 2 unspecified atom stereocenters. The van der Waals surface area contributed by atoms with Gasteiger partial charge in [0.15, 0.2) is 0 Å². The van der Waals surface area contributed by atoms with Gasteiger partial charge in [-0.1, -0.05) is 31.2 Å². The summed E-state index contributed by atoms with van der Waals surface area (Å²) in [6.45, 7) is 4.94. The van der Waals surface area contributed by atoms with Gasteiger partial charge in [0.05, 0.1) is 0 Å². The van der Waals surface area contributed by atoms with E-state index in [4.69, 9.17) is 0 Å². The zero-order valence-corrected chi connectivity index (χ0v) is 10.9. The zero-order valence-electron chi connectivity index (χ0n) is 10.9. The highest BCUT2D eigenvalue weighted by atomic mass is 15.2. The Morgan fingerprint density at radius 2 is 1.88 bits per heavy atom. The number of benzene rings is 1. The lowest BCUT2D eigenvalue weighted by Crippen LogP contribution is -2.46. The average Bonchev–Trinajstić information content (AvgIpc) is 2.31. The Balaban J connectivity index is 1.88. The lowest BCUT2D eigenvalue weighted by atomic mass is 9.80. The third kappa shape index (κ3) is 2.26. The van der Waals surface area contributed by atoms with E-state index >= 15 is 0 Å². The molecule has 1 heteroatoms. The topological polar surface area (TPSA) is 3.24 Å². The quantitative estimate of drug-likeness (QED) is 0.752. The Morgan fingerprint density at radius 1 is 1.12 bits per heavy atom. The summed E-state index contributed by atoms with van der Waals surface area (Å²) in [6.07, 6.45) is 6.75. The molecule has 0 aromatic heterocycles. The van der Waals surface area contributed by atoms with Crippen molar-refractivity contribution in [3.63, 3.8) is 0 Å². The zero-order chi connectivity index (χ0) is 11.7. The van der Waals surface area contributed by atoms with E-state index in [1.165, 1.54) is 45.2 Å². The maximum absolute atomic E-state index is 2.75. The van der Waals surface area contributed by atoms with Crippen LogP contribution in [0, 0.1) is 5.92 Å². The summed E-state index contributed by atoms with van der Waals surface area (Å²) in [6, 6.07) is 9.92. The highest BCUT2D eigenvalue weighted by Gasteiger charge is 2.30. The molecule has 92 valence electrons. The van der Waals surface area contributed by atoms with Gasteiger partial charge in [-0.15, -0.1) is 0 Å². The Kier molecular flexibility index (Phi) is 3.19. The molecule has 1 aliphatic carbocycles. The SMILES string of the molecule is CCCN1CC2CCC1Cc1ccccc1C2. The summed E-state index contributed by atoms with van der Waals surface area (Å²) < 4.78 is 0. The molecule has 1 fully saturated rings. The summed E-state index contributed by atoms with van der Waals surface area (Å²) in [4.78, 5) is 2.75. The molecule has 4 rings (SSSR count). The van der Waals surface area contributed by atoms with Gasteiger partial charge in [-0.3, -0.25) is 4.90 Å². The van der Waals surface area contributed by atoms with Crippen LogP contribution < -0.4 is 0 Å². The average molecular weight is 229 g/mol. The van der Waals surface area contributed by atoms with Crippen molar-refractivity contribution in [1.29, 1.82) is 0 Å². The van der Waals surface area contributed by atoms with Gasteiger partial charge in [-0.05, 0) is 55.7 Å². The third-order valence-corrected chi connectivity index (χ3v) is 4.51. The van der Waals surface area contributed by atoms with Crippen molar-refractivity contribution in [1.82, 2.24) is 4.90 Å². The van der Waals surface area contributed by atoms with Crippen LogP contribution in [0.15, 0.2) is 24.3 Å². The van der Waals surface area contributed by atoms with Crippen LogP contribution in [-0.4, -0.2) is 24.0 Å². The Morgan fingerprint density at radius 3 is 2.65 bits per heavy atom. The fraction of sp³-hybridized carbons (Fsp3) is 0.625. The predicted molar refractivity (Wildman–Crippen MR) is 72.2 cm³/mol. The standard InChI is InChI=1S/C16H23N/c1-2-9-17-12-13-7-8-16(17)11-15-6-4-3-5-14(15)10-13/h3-6,13,16H,2,7-12H2,1H3. The molecule has 0 amide bonds. The minimum Gasteiger partial charge on any atom is -0.300 e. The smallest absolute Gasteiger partial charge is 0.0136 e. The fourth-order valence-electron chi connectivity index (χ4n) is 3.66. The Bertz CT molecular complexity index is 385. The van der Waals surface area contributed by atoms with E-state index in [9.17, 15) is 0 Å². The van der Waals surface area contributed by atoms with Gasteiger partial charge in [-0.25, -0.2) is 0 Å². The van der Waals surface area contributed by atoms with Crippen LogP contribution >= 0.6 is 0 Å². The minimum absolute atomic E-state index is 0.813. The summed E-state index contributed by atoms with van der Waals surface area (Å²) in [5, 5.41) is 0. The first kappa shape index (κ1) is 11.3. The van der Waals surface area contributed by atoms with E-state index in [0.29, 0.717) is 0 Å². The largest absolute Gasteiger partial charge is 0.300 e. The Labute approximate surface area is 105 Å². The van der Waals surface area contributed by atoms with Crippen molar-refractivity contribution in [3.05, 3.63) is 35.4 Å². The van der Waals surface area contributed by atoms with Gasteiger partial charge in [0, 0.05) is 12.6 Å². The maximum Gasteiger partial charge on any atom is 0.0136 e. The lowest BCUT2D eigenvalue weighted by molar-refractivity contribution is 0.101. The maximum atomic E-state index is 2.75. The molecule has 1 saturated heterocycles. The van der Waals surface area contributed by atoms with E-state index in [1.807, 2.05) is 0 Å². The van der Waals surface area contributed by atoms with E-state index in [-0.39, 0.29) is 0 Å². The molecule has 1 nitrogen and oxygen atoms in total. The summed E-state index contributed by atoms with van der Waals surface area (Å²) >= 11 is 0. The first-order valence-electron chi connectivity index (χ1n) is 7.17. The van der Waals surface area contributed by atoms with Crippen molar-refractivity contribution in [2.24, 2.45) is 5.92 Å². The molecule has 0 N–H and O–H groups in total. The molecule has 1 aromatic carbocycles. The minimum atomic E-state index is 0.813. The Hall–Kier alpha value is -0.820. The molecule has 1 aromatic rings. The van der Waals surface area contributed by atoms with E-state index in [2.05, 4.69) is 36.1 Å². The monoisotopic (exact) mass is 229 g/mol. The normalized spacial score (nSPS) is 28.5. The number of fused-ring (bicyclic) bond motifs is 2. The molecule has 2 atom stereocenters. The lowest BCUT2D eigenvalue weighted by Gasteiger charge is -2.42.